The van der Waals surface area contributed by atoms with E-state index in [-0.39, 0.29) is 12.1 Å². The summed E-state index contributed by atoms with van der Waals surface area (Å²) in [7, 11) is 0. The maximum absolute atomic E-state index is 13.8. The van der Waals surface area contributed by atoms with E-state index in [0.717, 1.165) is 5.56 Å². The van der Waals surface area contributed by atoms with Crippen molar-refractivity contribution < 1.29 is 9.18 Å². The summed E-state index contributed by atoms with van der Waals surface area (Å²) in [5.74, 6) is -0.410. The number of hydrogen-bond acceptors (Lipinski definition) is 3. The van der Waals surface area contributed by atoms with Crippen LogP contribution in [0.25, 0.3) is 22.0 Å². The number of carbonyl (C=O) groups is 1. The highest BCUT2D eigenvalue weighted by atomic mass is 35.5. The number of hydrogen-bond donors (Lipinski definition) is 0. The second-order valence-electron chi connectivity index (χ2n) is 6.55. The molecule has 0 bridgehead atoms. The molecule has 0 radical (unpaired) electrons. The standard InChI is InChI=1S/C20H17ClFN3O2/c21-14-8-6-13(7-9-14)15-3-1-4-16-19(15)20(27)24(12-23-16)11-18(26)25-10-2-5-17(25)22/h1,3-4,6-9,12,17H,2,5,10-11H2. The van der Waals surface area contributed by atoms with Gasteiger partial charge in [-0.2, -0.15) is 0 Å². The summed E-state index contributed by atoms with van der Waals surface area (Å²) in [5, 5.41) is 1.03. The van der Waals surface area contributed by atoms with E-state index in [1.807, 2.05) is 24.3 Å². The number of fused-ring (bicyclic) bond motifs is 1. The largest absolute Gasteiger partial charge is 0.311 e. The molecular weight excluding hydrogens is 369 g/mol. The maximum Gasteiger partial charge on any atom is 0.262 e. The molecule has 27 heavy (non-hydrogen) atoms. The minimum Gasteiger partial charge on any atom is -0.311 e. The number of nitrogens with zero attached hydrogens (tertiary/aromatic N) is 3. The van der Waals surface area contributed by atoms with Crippen LogP contribution in [0, 0.1) is 0 Å². The summed E-state index contributed by atoms with van der Waals surface area (Å²) in [4.78, 5) is 30.9. The Labute approximate surface area is 160 Å². The lowest BCUT2D eigenvalue weighted by Gasteiger charge is -2.19. The Morgan fingerprint density at radius 2 is 2.00 bits per heavy atom. The normalized spacial score (nSPS) is 16.8. The van der Waals surface area contributed by atoms with Crippen molar-refractivity contribution in [3.05, 3.63) is 64.2 Å². The average Bonchev–Trinajstić information content (AvgIpc) is 3.10. The first-order valence-electron chi connectivity index (χ1n) is 8.72. The number of carbonyl (C=O) groups excluding carboxylic acids is 1. The van der Waals surface area contributed by atoms with Gasteiger partial charge < -0.3 is 4.90 Å². The average molecular weight is 386 g/mol. The molecule has 5 nitrogen and oxygen atoms in total. The molecule has 4 rings (SSSR count). The van der Waals surface area contributed by atoms with Crippen molar-refractivity contribution in [1.82, 2.24) is 14.5 Å². The topological polar surface area (TPSA) is 55.2 Å². The summed E-state index contributed by atoms with van der Waals surface area (Å²) in [5.41, 5.74) is 1.76. The lowest BCUT2D eigenvalue weighted by molar-refractivity contribution is -0.135. The highest BCUT2D eigenvalue weighted by Crippen LogP contribution is 2.26. The monoisotopic (exact) mass is 385 g/mol. The van der Waals surface area contributed by atoms with E-state index in [0.29, 0.717) is 40.9 Å². The number of halogens is 2. The van der Waals surface area contributed by atoms with Gasteiger partial charge in [0.1, 0.15) is 6.54 Å². The molecule has 7 heteroatoms. The third-order valence-electron chi connectivity index (χ3n) is 4.81. The summed E-state index contributed by atoms with van der Waals surface area (Å²) < 4.78 is 15.0. The minimum atomic E-state index is -1.27. The number of alkyl halides is 1. The van der Waals surface area contributed by atoms with E-state index < -0.39 is 12.2 Å². The van der Waals surface area contributed by atoms with Gasteiger partial charge in [0.2, 0.25) is 5.91 Å². The Bertz CT molecular complexity index is 1070. The first-order valence-corrected chi connectivity index (χ1v) is 9.10. The van der Waals surface area contributed by atoms with E-state index in [1.165, 1.54) is 15.8 Å². The van der Waals surface area contributed by atoms with Crippen LogP contribution in [0.2, 0.25) is 5.02 Å². The van der Waals surface area contributed by atoms with Crippen LogP contribution >= 0.6 is 11.6 Å². The van der Waals surface area contributed by atoms with Gasteiger partial charge in [0.05, 0.1) is 17.2 Å². The van der Waals surface area contributed by atoms with E-state index in [1.54, 1.807) is 18.2 Å². The lowest BCUT2D eigenvalue weighted by atomic mass is 10.0. The first-order chi connectivity index (χ1) is 13.0. The Morgan fingerprint density at radius 1 is 1.22 bits per heavy atom. The number of aromatic nitrogens is 2. The minimum absolute atomic E-state index is 0.225. The predicted octanol–water partition coefficient (Wildman–Crippen LogP) is 3.63. The summed E-state index contributed by atoms with van der Waals surface area (Å²) in [6, 6.07) is 12.6. The van der Waals surface area contributed by atoms with Gasteiger partial charge in [-0.15, -0.1) is 0 Å². The lowest BCUT2D eigenvalue weighted by Crippen LogP contribution is -2.38. The summed E-state index contributed by atoms with van der Waals surface area (Å²) in [6.07, 6.45) is 1.05. The quantitative estimate of drug-likeness (QED) is 0.647. The van der Waals surface area contributed by atoms with Crippen LogP contribution in [0.1, 0.15) is 12.8 Å². The van der Waals surface area contributed by atoms with Crippen molar-refractivity contribution in [3.8, 4) is 11.1 Å². The van der Waals surface area contributed by atoms with Gasteiger partial charge >= 0.3 is 0 Å². The predicted molar refractivity (Wildman–Crippen MR) is 102 cm³/mol. The Hall–Kier alpha value is -2.73. The molecule has 0 spiro atoms. The van der Waals surface area contributed by atoms with Gasteiger partial charge in [-0.1, -0.05) is 35.9 Å². The maximum atomic E-state index is 13.8. The molecular formula is C20H17ClFN3O2. The second-order valence-corrected chi connectivity index (χ2v) is 6.98. The van der Waals surface area contributed by atoms with Crippen molar-refractivity contribution in [3.63, 3.8) is 0 Å². The van der Waals surface area contributed by atoms with Crippen molar-refractivity contribution >= 4 is 28.4 Å². The number of benzene rings is 2. The van der Waals surface area contributed by atoms with Crippen molar-refractivity contribution in [2.45, 2.75) is 25.7 Å². The fraction of sp³-hybridized carbons (Fsp3) is 0.250. The van der Waals surface area contributed by atoms with Crippen LogP contribution in [-0.4, -0.2) is 33.2 Å². The Kier molecular flexibility index (Phi) is 4.66. The summed E-state index contributed by atoms with van der Waals surface area (Å²) >= 11 is 5.95. The van der Waals surface area contributed by atoms with E-state index in [4.69, 9.17) is 11.6 Å². The zero-order valence-electron chi connectivity index (χ0n) is 14.4. The summed E-state index contributed by atoms with van der Waals surface area (Å²) in [6.45, 7) is 0.156. The molecule has 0 N–H and O–H groups in total. The van der Waals surface area contributed by atoms with Gasteiger partial charge in [0, 0.05) is 11.6 Å². The van der Waals surface area contributed by atoms with Crippen LogP contribution in [0.3, 0.4) is 0 Å². The highest BCUT2D eigenvalue weighted by Gasteiger charge is 2.28. The van der Waals surface area contributed by atoms with Gasteiger partial charge in [-0.25, -0.2) is 9.37 Å². The highest BCUT2D eigenvalue weighted by molar-refractivity contribution is 6.30. The Balaban J connectivity index is 1.77. The van der Waals surface area contributed by atoms with Crippen LogP contribution in [0.5, 0.6) is 0 Å². The SMILES string of the molecule is O=C(Cn1cnc2cccc(-c3ccc(Cl)cc3)c2c1=O)N1CCCC1F. The molecule has 1 fully saturated rings. The molecule has 138 valence electrons. The fourth-order valence-electron chi connectivity index (χ4n) is 3.43. The first kappa shape index (κ1) is 17.7. The molecule has 1 saturated heterocycles. The smallest absolute Gasteiger partial charge is 0.262 e. The van der Waals surface area contributed by atoms with Crippen molar-refractivity contribution in [2.75, 3.05) is 6.54 Å². The molecule has 1 atom stereocenters. The van der Waals surface area contributed by atoms with Crippen LogP contribution in [-0.2, 0) is 11.3 Å². The molecule has 0 aliphatic carbocycles. The number of amides is 1. The molecule has 1 aromatic heterocycles. The van der Waals surface area contributed by atoms with Crippen molar-refractivity contribution in [2.24, 2.45) is 0 Å². The van der Waals surface area contributed by atoms with E-state index in [9.17, 15) is 14.0 Å². The van der Waals surface area contributed by atoms with Crippen LogP contribution < -0.4 is 5.56 Å². The van der Waals surface area contributed by atoms with Crippen LogP contribution in [0.4, 0.5) is 4.39 Å². The van der Waals surface area contributed by atoms with Crippen LogP contribution in [0.15, 0.2) is 53.6 Å². The van der Waals surface area contributed by atoms with Gasteiger partial charge in [0.15, 0.2) is 6.30 Å². The molecule has 2 aromatic carbocycles. The number of rotatable bonds is 3. The van der Waals surface area contributed by atoms with Gasteiger partial charge in [-0.3, -0.25) is 14.2 Å². The zero-order valence-corrected chi connectivity index (χ0v) is 15.2. The molecule has 2 heterocycles. The molecule has 1 aliphatic heterocycles. The van der Waals surface area contributed by atoms with E-state index in [2.05, 4.69) is 4.98 Å². The van der Waals surface area contributed by atoms with Gasteiger partial charge in [0.25, 0.3) is 5.56 Å². The molecule has 3 aromatic rings. The third kappa shape index (κ3) is 3.32. The second kappa shape index (κ2) is 7.12. The zero-order chi connectivity index (χ0) is 19.0. The third-order valence-corrected chi connectivity index (χ3v) is 5.07. The Morgan fingerprint density at radius 3 is 2.70 bits per heavy atom. The van der Waals surface area contributed by atoms with E-state index >= 15 is 0 Å². The number of likely N-dealkylation sites (tertiary alicyclic amines) is 1. The van der Waals surface area contributed by atoms with Gasteiger partial charge in [-0.05, 0) is 42.2 Å². The molecule has 1 unspecified atom stereocenters. The molecule has 1 aliphatic rings. The fourth-order valence-corrected chi connectivity index (χ4v) is 3.55. The molecule has 1 amide bonds. The molecule has 0 saturated carbocycles. The van der Waals surface area contributed by atoms with Crippen molar-refractivity contribution in [1.29, 1.82) is 0 Å².